The Morgan fingerprint density at radius 1 is 1.65 bits per heavy atom. The van der Waals surface area contributed by atoms with E-state index < -0.39 is 0 Å². The first kappa shape index (κ1) is 14.8. The number of rotatable bonds is 4. The van der Waals surface area contributed by atoms with Crippen molar-refractivity contribution in [3.63, 3.8) is 0 Å². The summed E-state index contributed by atoms with van der Waals surface area (Å²) in [6.07, 6.45) is 4.36. The Morgan fingerprint density at radius 3 is 3.20 bits per heavy atom. The van der Waals surface area contributed by atoms with E-state index in [9.17, 15) is 0 Å². The van der Waals surface area contributed by atoms with Gasteiger partial charge in [0.25, 0.3) is 0 Å². The minimum absolute atomic E-state index is 0.126. The molecule has 20 heavy (non-hydrogen) atoms. The van der Waals surface area contributed by atoms with Crippen LogP contribution in [0.5, 0.6) is 0 Å². The lowest BCUT2D eigenvalue weighted by Crippen LogP contribution is -2.49. The molecule has 0 aliphatic carbocycles. The summed E-state index contributed by atoms with van der Waals surface area (Å²) in [4.78, 5) is 4.57. The van der Waals surface area contributed by atoms with E-state index in [0.29, 0.717) is 12.0 Å². The maximum absolute atomic E-state index is 6.10. The molecule has 3 heterocycles. The normalized spacial score (nSPS) is 31.8. The molecule has 112 valence electrons. The molecule has 3 atom stereocenters. The van der Waals surface area contributed by atoms with E-state index in [1.54, 1.807) is 11.3 Å². The third kappa shape index (κ3) is 3.20. The molecule has 0 radical (unpaired) electrons. The number of aromatic nitrogens is 1. The van der Waals surface area contributed by atoms with Crippen LogP contribution in [0, 0.1) is 12.8 Å². The quantitative estimate of drug-likeness (QED) is 0.659. The molecular weight excluding hydrogens is 290 g/mol. The smallest absolute Gasteiger partial charge is 0.0897 e. The molecule has 0 bridgehead atoms. The van der Waals surface area contributed by atoms with Gasteiger partial charge in [-0.1, -0.05) is 0 Å². The van der Waals surface area contributed by atoms with Crippen LogP contribution in [0.3, 0.4) is 0 Å². The number of aryl methyl sites for hydroxylation is 1. The van der Waals surface area contributed by atoms with Crippen LogP contribution in [0.2, 0.25) is 0 Å². The molecule has 4 nitrogen and oxygen atoms in total. The van der Waals surface area contributed by atoms with Crippen molar-refractivity contribution in [3.05, 3.63) is 16.1 Å². The van der Waals surface area contributed by atoms with Gasteiger partial charge in [0.2, 0.25) is 0 Å². The number of thiazole rings is 1. The number of nitrogens with two attached hydrogens (primary N) is 1. The fraction of sp³-hybridized carbons (Fsp3) is 0.786. The number of nitrogens with one attached hydrogen (secondary N) is 1. The van der Waals surface area contributed by atoms with Gasteiger partial charge in [-0.15, -0.1) is 11.3 Å². The molecule has 2 aliphatic heterocycles. The molecule has 0 aromatic carbocycles. The molecule has 1 aromatic rings. The molecule has 6 heteroatoms. The second-order valence-electron chi connectivity index (χ2n) is 5.92. The summed E-state index contributed by atoms with van der Waals surface area (Å²) >= 11 is 3.74. The second-order valence-corrected chi connectivity index (χ2v) is 8.09. The number of hydrogen-bond acceptors (Lipinski definition) is 6. The van der Waals surface area contributed by atoms with E-state index in [1.165, 1.54) is 12.2 Å². The predicted molar refractivity (Wildman–Crippen MR) is 85.0 cm³/mol. The minimum Gasteiger partial charge on any atom is -0.374 e. The van der Waals surface area contributed by atoms with Crippen molar-refractivity contribution in [1.29, 1.82) is 0 Å². The summed E-state index contributed by atoms with van der Waals surface area (Å²) in [7, 11) is 0. The van der Waals surface area contributed by atoms with Gasteiger partial charge in [0.15, 0.2) is 0 Å². The van der Waals surface area contributed by atoms with E-state index in [-0.39, 0.29) is 5.60 Å². The van der Waals surface area contributed by atoms with Crippen molar-refractivity contribution < 1.29 is 4.74 Å². The molecule has 2 aliphatic rings. The Hall–Kier alpha value is -0.140. The summed E-state index contributed by atoms with van der Waals surface area (Å²) < 4.78 is 6.10. The molecule has 2 fully saturated rings. The molecule has 3 N–H and O–H groups in total. The number of nitrogens with zero attached hydrogens (tertiary/aromatic N) is 1. The van der Waals surface area contributed by atoms with Crippen LogP contribution in [0.15, 0.2) is 5.38 Å². The fourth-order valence-electron chi connectivity index (χ4n) is 3.36. The topological polar surface area (TPSA) is 60.2 Å². The summed E-state index contributed by atoms with van der Waals surface area (Å²) in [5.41, 5.74) is 4.33. The minimum atomic E-state index is 0.126. The zero-order valence-corrected chi connectivity index (χ0v) is 13.6. The number of thioether (sulfide) groups is 1. The molecule has 1 spiro atoms. The highest BCUT2D eigenvalue weighted by atomic mass is 32.2. The summed E-state index contributed by atoms with van der Waals surface area (Å²) in [6, 6.07) is 0.308. The van der Waals surface area contributed by atoms with Crippen molar-refractivity contribution in [2.24, 2.45) is 11.8 Å². The van der Waals surface area contributed by atoms with Crippen LogP contribution in [-0.4, -0.2) is 34.7 Å². The fourth-order valence-corrected chi connectivity index (χ4v) is 5.37. The van der Waals surface area contributed by atoms with Crippen LogP contribution in [-0.2, 0) is 11.2 Å². The zero-order chi connectivity index (χ0) is 14.0. The Balaban J connectivity index is 1.65. The van der Waals surface area contributed by atoms with Crippen molar-refractivity contribution in [1.82, 2.24) is 10.4 Å². The van der Waals surface area contributed by atoms with E-state index in [1.807, 2.05) is 11.8 Å². The highest BCUT2D eigenvalue weighted by Gasteiger charge is 2.42. The lowest BCUT2D eigenvalue weighted by atomic mass is 9.80. The lowest BCUT2D eigenvalue weighted by molar-refractivity contribution is -0.0851. The highest BCUT2D eigenvalue weighted by Crippen LogP contribution is 2.41. The number of hydrogen-bond donors (Lipinski definition) is 2. The number of hydrazine groups is 1. The first-order valence-electron chi connectivity index (χ1n) is 7.30. The van der Waals surface area contributed by atoms with E-state index in [2.05, 4.69) is 22.7 Å². The maximum Gasteiger partial charge on any atom is 0.0897 e. The van der Waals surface area contributed by atoms with Crippen molar-refractivity contribution >= 4 is 23.1 Å². The van der Waals surface area contributed by atoms with Crippen molar-refractivity contribution in [2.75, 3.05) is 18.1 Å². The third-order valence-corrected chi connectivity index (χ3v) is 6.52. The summed E-state index contributed by atoms with van der Waals surface area (Å²) in [5, 5.41) is 3.28. The van der Waals surface area contributed by atoms with Gasteiger partial charge in [0.1, 0.15) is 0 Å². The van der Waals surface area contributed by atoms with Gasteiger partial charge in [-0.3, -0.25) is 11.3 Å². The molecule has 0 amide bonds. The summed E-state index contributed by atoms with van der Waals surface area (Å²) in [5.74, 6) is 8.80. The first-order chi connectivity index (χ1) is 9.71. The zero-order valence-electron chi connectivity index (χ0n) is 11.9. The van der Waals surface area contributed by atoms with E-state index >= 15 is 0 Å². The standard InChI is InChI=1S/C14H23N3OS2/c1-10-16-12(8-20-10)6-13(17-15)11-2-4-18-14(7-11)3-5-19-9-14/h8,11,13,17H,2-7,9,15H2,1H3. The monoisotopic (exact) mass is 313 g/mol. The SMILES string of the molecule is Cc1nc(CC(NN)C2CCOC3(CCSC3)C2)cs1. The maximum atomic E-state index is 6.10. The van der Waals surface area contributed by atoms with Crippen LogP contribution in [0.25, 0.3) is 0 Å². The predicted octanol–water partition coefficient (Wildman–Crippen LogP) is 2.13. The Kier molecular flexibility index (Phi) is 4.67. The highest BCUT2D eigenvalue weighted by molar-refractivity contribution is 7.99. The lowest BCUT2D eigenvalue weighted by Gasteiger charge is -2.40. The van der Waals surface area contributed by atoms with E-state index in [0.717, 1.165) is 42.3 Å². The molecule has 2 saturated heterocycles. The van der Waals surface area contributed by atoms with Gasteiger partial charge in [-0.25, -0.2) is 4.98 Å². The molecule has 3 unspecified atom stereocenters. The second kappa shape index (κ2) is 6.32. The van der Waals surface area contributed by atoms with E-state index in [4.69, 9.17) is 10.6 Å². The van der Waals surface area contributed by atoms with Gasteiger partial charge in [0.05, 0.1) is 16.3 Å². The molecule has 1 aromatic heterocycles. The Bertz CT molecular complexity index is 445. The molecule has 3 rings (SSSR count). The molecular formula is C14H23N3OS2. The van der Waals surface area contributed by atoms with Gasteiger partial charge >= 0.3 is 0 Å². The van der Waals surface area contributed by atoms with Gasteiger partial charge in [0, 0.05) is 30.2 Å². The van der Waals surface area contributed by atoms with Crippen LogP contribution < -0.4 is 11.3 Å². The van der Waals surface area contributed by atoms with Crippen molar-refractivity contribution in [3.8, 4) is 0 Å². The van der Waals surface area contributed by atoms with Crippen LogP contribution in [0.4, 0.5) is 0 Å². The Morgan fingerprint density at radius 2 is 2.55 bits per heavy atom. The van der Waals surface area contributed by atoms with Gasteiger partial charge < -0.3 is 4.74 Å². The largest absolute Gasteiger partial charge is 0.374 e. The van der Waals surface area contributed by atoms with Gasteiger partial charge in [-0.2, -0.15) is 11.8 Å². The van der Waals surface area contributed by atoms with Crippen LogP contribution >= 0.6 is 23.1 Å². The average molecular weight is 313 g/mol. The number of ether oxygens (including phenoxy) is 1. The Labute approximate surface area is 128 Å². The summed E-state index contributed by atoms with van der Waals surface area (Å²) in [6.45, 7) is 2.93. The van der Waals surface area contributed by atoms with Crippen LogP contribution in [0.1, 0.15) is 30.0 Å². The van der Waals surface area contributed by atoms with Gasteiger partial charge in [-0.05, 0) is 37.9 Å². The first-order valence-corrected chi connectivity index (χ1v) is 9.33. The third-order valence-electron chi connectivity index (χ3n) is 4.48. The average Bonchev–Trinajstić information content (AvgIpc) is 3.06. The van der Waals surface area contributed by atoms with Crippen molar-refractivity contribution in [2.45, 2.75) is 44.2 Å². The molecule has 0 saturated carbocycles.